The Morgan fingerprint density at radius 3 is 2.81 bits per heavy atom. The lowest BCUT2D eigenvalue weighted by atomic mass is 10.0. The summed E-state index contributed by atoms with van der Waals surface area (Å²) in [6.45, 7) is 3.33. The van der Waals surface area contributed by atoms with Gasteiger partial charge in [-0.15, -0.1) is 0 Å². The van der Waals surface area contributed by atoms with Crippen molar-refractivity contribution in [1.29, 1.82) is 0 Å². The predicted molar refractivity (Wildman–Crippen MR) is 99.1 cm³/mol. The number of fused-ring (bicyclic) bond motifs is 1. The molecule has 3 aromatic rings. The summed E-state index contributed by atoms with van der Waals surface area (Å²) < 4.78 is 0. The maximum Gasteiger partial charge on any atom is 0.254 e. The van der Waals surface area contributed by atoms with Gasteiger partial charge in [-0.05, 0) is 50.7 Å². The number of aromatic hydroxyl groups is 1. The molecule has 1 atom stereocenters. The van der Waals surface area contributed by atoms with Gasteiger partial charge in [-0.25, -0.2) is 4.98 Å². The second-order valence-corrected chi connectivity index (χ2v) is 6.67. The third-order valence-corrected chi connectivity index (χ3v) is 4.98. The molecule has 3 N–H and O–H groups in total. The minimum absolute atomic E-state index is 0.000298. The van der Waals surface area contributed by atoms with Gasteiger partial charge in [0.05, 0.1) is 16.6 Å². The number of benzene rings is 1. The summed E-state index contributed by atoms with van der Waals surface area (Å²) in [4.78, 5) is 19.7. The molecule has 0 bridgehead atoms. The highest BCUT2D eigenvalue weighted by molar-refractivity contribution is 6.07. The number of likely N-dealkylation sites (N-methyl/N-ethyl adjacent to an activating group) is 1. The van der Waals surface area contributed by atoms with Crippen molar-refractivity contribution in [1.82, 2.24) is 25.4 Å². The van der Waals surface area contributed by atoms with Gasteiger partial charge in [-0.3, -0.25) is 9.89 Å². The number of phenols is 1. The quantitative estimate of drug-likeness (QED) is 0.672. The largest absolute Gasteiger partial charge is 0.508 e. The number of hydrogen-bond donors (Lipinski definition) is 3. The van der Waals surface area contributed by atoms with Crippen molar-refractivity contribution in [2.24, 2.45) is 0 Å². The van der Waals surface area contributed by atoms with Crippen LogP contribution in [0.5, 0.6) is 5.75 Å². The van der Waals surface area contributed by atoms with Gasteiger partial charge in [0.2, 0.25) is 0 Å². The third kappa shape index (κ3) is 2.80. The van der Waals surface area contributed by atoms with Crippen molar-refractivity contribution in [2.45, 2.75) is 19.4 Å². The van der Waals surface area contributed by atoms with E-state index in [4.69, 9.17) is 0 Å². The van der Waals surface area contributed by atoms with Crippen LogP contribution in [0.2, 0.25) is 0 Å². The molecule has 1 aromatic carbocycles. The van der Waals surface area contributed by atoms with Crippen LogP contribution in [0.1, 0.15) is 22.5 Å². The van der Waals surface area contributed by atoms with Crippen LogP contribution in [0.25, 0.3) is 22.3 Å². The van der Waals surface area contributed by atoms with Crippen molar-refractivity contribution >= 4 is 16.9 Å². The van der Waals surface area contributed by atoms with Crippen molar-refractivity contribution in [2.75, 3.05) is 20.1 Å². The van der Waals surface area contributed by atoms with Gasteiger partial charge < -0.3 is 15.3 Å². The summed E-state index contributed by atoms with van der Waals surface area (Å²) in [5.74, 6) is 0.191. The summed E-state index contributed by atoms with van der Waals surface area (Å²) in [6.07, 6.45) is 0.950. The molecule has 1 aliphatic rings. The highest BCUT2D eigenvalue weighted by Crippen LogP contribution is 2.28. The number of rotatable bonds is 3. The van der Waals surface area contributed by atoms with E-state index in [9.17, 15) is 9.90 Å². The molecule has 0 saturated carbocycles. The lowest BCUT2D eigenvalue weighted by Gasteiger charge is -2.17. The first-order chi connectivity index (χ1) is 12.6. The van der Waals surface area contributed by atoms with Gasteiger partial charge in [-0.1, -0.05) is 0 Å². The molecule has 0 radical (unpaired) electrons. The van der Waals surface area contributed by atoms with Gasteiger partial charge in [0.25, 0.3) is 5.91 Å². The maximum absolute atomic E-state index is 13.2. The Hall–Kier alpha value is -2.93. The molecule has 7 heteroatoms. The lowest BCUT2D eigenvalue weighted by Crippen LogP contribution is -2.33. The summed E-state index contributed by atoms with van der Waals surface area (Å²) in [6, 6.07) is 8.94. The van der Waals surface area contributed by atoms with Crippen LogP contribution in [-0.2, 0) is 0 Å². The Balaban J connectivity index is 1.80. The fraction of sp³-hybridized carbons (Fsp3) is 0.316. The van der Waals surface area contributed by atoms with E-state index in [2.05, 4.69) is 20.5 Å². The molecule has 1 unspecified atom stereocenters. The monoisotopic (exact) mass is 351 g/mol. The molecule has 2 aromatic heterocycles. The van der Waals surface area contributed by atoms with Crippen LogP contribution < -0.4 is 5.32 Å². The molecule has 3 heterocycles. The summed E-state index contributed by atoms with van der Waals surface area (Å²) in [5.41, 5.74) is 3.46. The van der Waals surface area contributed by atoms with Gasteiger partial charge in [-0.2, -0.15) is 5.10 Å². The van der Waals surface area contributed by atoms with E-state index in [1.807, 2.05) is 24.9 Å². The number of carbonyl (C=O) groups is 1. The lowest BCUT2D eigenvalue weighted by molar-refractivity contribution is 0.0791. The van der Waals surface area contributed by atoms with Crippen molar-refractivity contribution < 1.29 is 9.90 Å². The summed E-state index contributed by atoms with van der Waals surface area (Å²) in [5, 5.41) is 20.7. The Kier molecular flexibility index (Phi) is 4.08. The second-order valence-electron chi connectivity index (χ2n) is 6.67. The normalized spacial score (nSPS) is 17.2. The number of aromatic nitrogens is 3. The molecule has 1 saturated heterocycles. The number of pyridine rings is 1. The topological polar surface area (TPSA) is 94.1 Å². The maximum atomic E-state index is 13.2. The Morgan fingerprint density at radius 1 is 1.35 bits per heavy atom. The van der Waals surface area contributed by atoms with E-state index in [1.54, 1.807) is 24.3 Å². The van der Waals surface area contributed by atoms with E-state index >= 15 is 0 Å². The van der Waals surface area contributed by atoms with Crippen LogP contribution in [0.15, 0.2) is 30.3 Å². The first-order valence-corrected chi connectivity index (χ1v) is 8.68. The zero-order valence-electron chi connectivity index (χ0n) is 14.8. The average molecular weight is 351 g/mol. The van der Waals surface area contributed by atoms with Gasteiger partial charge in [0.1, 0.15) is 5.75 Å². The highest BCUT2D eigenvalue weighted by atomic mass is 16.3. The molecule has 0 aliphatic carbocycles. The standard InChI is InChI=1S/C19H21N5O2/c1-11-17-15(19(26)24-8-7-13(10-24)20-2)9-16(21-18(17)23-22-11)12-3-5-14(25)6-4-12/h3-6,9,13,20,25H,7-8,10H2,1-2H3,(H,21,22,23). The van der Waals surface area contributed by atoms with Gasteiger partial charge in [0.15, 0.2) is 5.65 Å². The Labute approximate surface area is 151 Å². The fourth-order valence-electron chi connectivity index (χ4n) is 3.47. The number of carbonyl (C=O) groups excluding carboxylic acids is 1. The fourth-order valence-corrected chi connectivity index (χ4v) is 3.47. The zero-order valence-corrected chi connectivity index (χ0v) is 14.8. The van der Waals surface area contributed by atoms with Crippen molar-refractivity contribution in [3.8, 4) is 17.0 Å². The molecule has 0 spiro atoms. The summed E-state index contributed by atoms with van der Waals surface area (Å²) in [7, 11) is 1.92. The SMILES string of the molecule is CNC1CCN(C(=O)c2cc(-c3ccc(O)cc3)nc3n[nH]c(C)c23)C1. The molecule has 1 fully saturated rings. The first-order valence-electron chi connectivity index (χ1n) is 8.68. The van der Waals surface area contributed by atoms with Gasteiger partial charge >= 0.3 is 0 Å². The van der Waals surface area contributed by atoms with Crippen LogP contribution in [0, 0.1) is 6.92 Å². The van der Waals surface area contributed by atoms with E-state index in [-0.39, 0.29) is 11.7 Å². The van der Waals surface area contributed by atoms with Crippen molar-refractivity contribution in [3.05, 3.63) is 41.6 Å². The second kappa shape index (κ2) is 6.42. The number of hydrogen-bond acceptors (Lipinski definition) is 5. The zero-order chi connectivity index (χ0) is 18.3. The number of nitrogens with one attached hydrogen (secondary N) is 2. The third-order valence-electron chi connectivity index (χ3n) is 4.98. The van der Waals surface area contributed by atoms with Crippen LogP contribution >= 0.6 is 0 Å². The number of aromatic amines is 1. The minimum atomic E-state index is -0.000298. The Morgan fingerprint density at radius 2 is 2.12 bits per heavy atom. The number of phenolic OH excluding ortho intramolecular Hbond substituents is 1. The van der Waals surface area contributed by atoms with Crippen LogP contribution in [0.4, 0.5) is 0 Å². The molecule has 1 aliphatic heterocycles. The molecule has 134 valence electrons. The number of likely N-dealkylation sites (tertiary alicyclic amines) is 1. The van der Waals surface area contributed by atoms with E-state index < -0.39 is 0 Å². The first kappa shape index (κ1) is 16.5. The Bertz CT molecular complexity index is 964. The van der Waals surface area contributed by atoms with E-state index in [0.717, 1.165) is 29.6 Å². The van der Waals surface area contributed by atoms with E-state index in [1.165, 1.54) is 0 Å². The van der Waals surface area contributed by atoms with E-state index in [0.29, 0.717) is 29.5 Å². The molecule has 7 nitrogen and oxygen atoms in total. The number of amides is 1. The molecule has 4 rings (SSSR count). The van der Waals surface area contributed by atoms with Crippen molar-refractivity contribution in [3.63, 3.8) is 0 Å². The minimum Gasteiger partial charge on any atom is -0.508 e. The molecule has 26 heavy (non-hydrogen) atoms. The average Bonchev–Trinajstić information content (AvgIpc) is 3.28. The highest BCUT2D eigenvalue weighted by Gasteiger charge is 2.28. The number of H-pyrrole nitrogens is 1. The molecule has 1 amide bonds. The smallest absolute Gasteiger partial charge is 0.254 e. The number of nitrogens with zero attached hydrogens (tertiary/aromatic N) is 3. The molecular formula is C19H21N5O2. The van der Waals surface area contributed by atoms with Gasteiger partial charge in [0, 0.05) is 30.4 Å². The molecular weight excluding hydrogens is 330 g/mol. The predicted octanol–water partition coefficient (Wildman–Crippen LogP) is 2.07. The van der Waals surface area contributed by atoms with Crippen LogP contribution in [0.3, 0.4) is 0 Å². The summed E-state index contributed by atoms with van der Waals surface area (Å²) >= 11 is 0. The number of aryl methyl sites for hydroxylation is 1. The van der Waals surface area contributed by atoms with Crippen LogP contribution in [-0.4, -0.2) is 57.3 Å².